The van der Waals surface area contributed by atoms with Crippen molar-refractivity contribution in [3.05, 3.63) is 54.4 Å². The largest absolute Gasteiger partial charge is 0.465 e. The Hall–Kier alpha value is -4.22. The number of nitrogens with two attached hydrogens (primary N) is 1. The van der Waals surface area contributed by atoms with Gasteiger partial charge in [0.2, 0.25) is 0 Å². The summed E-state index contributed by atoms with van der Waals surface area (Å²) < 4.78 is 16.5. The number of nitrogens with one attached hydrogen (secondary N) is 3. The van der Waals surface area contributed by atoms with Gasteiger partial charge < -0.3 is 26.8 Å². The van der Waals surface area contributed by atoms with Crippen LogP contribution in [0.1, 0.15) is 29.6 Å². The van der Waals surface area contributed by atoms with Gasteiger partial charge in [0.15, 0.2) is 11.6 Å². The van der Waals surface area contributed by atoms with Crippen molar-refractivity contribution in [2.24, 2.45) is 17.6 Å². The summed E-state index contributed by atoms with van der Waals surface area (Å²) >= 11 is 0. The van der Waals surface area contributed by atoms with Crippen LogP contribution in [0.5, 0.6) is 0 Å². The zero-order valence-electron chi connectivity index (χ0n) is 18.0. The fourth-order valence-corrected chi connectivity index (χ4v) is 4.57. The van der Waals surface area contributed by atoms with Crippen molar-refractivity contribution in [1.29, 1.82) is 0 Å². The third kappa shape index (κ3) is 4.47. The number of primary amides is 1. The van der Waals surface area contributed by atoms with Crippen LogP contribution in [0.4, 0.5) is 26.5 Å². The minimum atomic E-state index is -1.12. The van der Waals surface area contributed by atoms with Crippen LogP contribution < -0.4 is 21.7 Å². The van der Waals surface area contributed by atoms with Crippen molar-refractivity contribution in [2.75, 3.05) is 10.6 Å². The molecule has 2 aliphatic carbocycles. The van der Waals surface area contributed by atoms with E-state index in [0.717, 1.165) is 12.5 Å². The van der Waals surface area contributed by atoms with Crippen LogP contribution in [0.25, 0.3) is 5.69 Å². The molecule has 11 nitrogen and oxygen atoms in total. The normalized spacial score (nSPS) is 23.0. The number of hydrogen-bond acceptors (Lipinski definition) is 7. The van der Waals surface area contributed by atoms with Gasteiger partial charge in [-0.3, -0.25) is 9.78 Å². The maximum atomic E-state index is 14.9. The number of carbonyl (C=O) groups is 2. The van der Waals surface area contributed by atoms with E-state index >= 15 is 0 Å². The van der Waals surface area contributed by atoms with Crippen molar-refractivity contribution in [3.63, 3.8) is 0 Å². The number of fused-ring (bicyclic) bond motifs is 1. The SMILES string of the molecule is NC(=O)c1cc(F)c(N[C@H]2CC3CC3C[C@@H]2NC(=O)O)nc1Nc1cncc(-n2cccn2)c1. The number of aromatic nitrogens is 4. The quantitative estimate of drug-likeness (QED) is 0.355. The highest BCUT2D eigenvalue weighted by atomic mass is 19.1. The molecule has 6 N–H and O–H groups in total. The van der Waals surface area contributed by atoms with Crippen molar-refractivity contribution >= 4 is 29.3 Å². The first-order valence-corrected chi connectivity index (χ1v) is 10.9. The van der Waals surface area contributed by atoms with E-state index in [1.807, 2.05) is 0 Å². The minimum Gasteiger partial charge on any atom is -0.465 e. The number of carboxylic acid groups (broad SMARTS) is 1. The average Bonchev–Trinajstić information content (AvgIpc) is 3.31. The van der Waals surface area contributed by atoms with Gasteiger partial charge in [0.05, 0.1) is 35.4 Å². The second-order valence-electron chi connectivity index (χ2n) is 8.62. The third-order valence-corrected chi connectivity index (χ3v) is 6.30. The molecule has 5 rings (SSSR count). The number of carbonyl (C=O) groups excluding carboxylic acids is 1. The summed E-state index contributed by atoms with van der Waals surface area (Å²) in [4.78, 5) is 31.7. The van der Waals surface area contributed by atoms with Gasteiger partial charge in [-0.2, -0.15) is 5.10 Å². The average molecular weight is 466 g/mol. The van der Waals surface area contributed by atoms with Crippen molar-refractivity contribution < 1.29 is 19.1 Å². The molecule has 2 fully saturated rings. The predicted molar refractivity (Wildman–Crippen MR) is 121 cm³/mol. The Balaban J connectivity index is 1.43. The van der Waals surface area contributed by atoms with E-state index < -0.39 is 17.8 Å². The standard InChI is InChI=1S/C22H23FN8O3/c23-16-8-15(19(24)32)20(27-13-7-14(10-25-9-13)31-3-1-2-26-31)30-21(16)28-17-5-11-4-12(11)6-18(17)29-22(33)34/h1-3,7-12,17-18,29H,4-6H2,(H2,24,32)(H,33,34)(H2,27,28,30)/t11?,12?,17-,18-/m0/s1. The van der Waals surface area contributed by atoms with Gasteiger partial charge >= 0.3 is 6.09 Å². The Morgan fingerprint density at radius 2 is 1.91 bits per heavy atom. The van der Waals surface area contributed by atoms with Crippen molar-refractivity contribution in [1.82, 2.24) is 25.1 Å². The summed E-state index contributed by atoms with van der Waals surface area (Å²) in [6, 6.07) is 3.83. The second kappa shape index (κ2) is 8.61. The number of hydrogen-bond donors (Lipinski definition) is 5. The van der Waals surface area contributed by atoms with Crippen molar-refractivity contribution in [2.45, 2.75) is 31.3 Å². The summed E-state index contributed by atoms with van der Waals surface area (Å²) in [6.45, 7) is 0. The van der Waals surface area contributed by atoms with E-state index in [9.17, 15) is 19.1 Å². The Bertz CT molecular complexity index is 1230. The molecule has 2 aliphatic rings. The first kappa shape index (κ1) is 21.6. The molecule has 2 unspecified atom stereocenters. The maximum Gasteiger partial charge on any atom is 0.404 e. The van der Waals surface area contributed by atoms with E-state index in [1.165, 1.54) is 6.20 Å². The van der Waals surface area contributed by atoms with Gasteiger partial charge in [-0.05, 0) is 49.3 Å². The van der Waals surface area contributed by atoms with Crippen LogP contribution in [0.3, 0.4) is 0 Å². The molecule has 0 spiro atoms. The highest BCUT2D eigenvalue weighted by Gasteiger charge is 2.47. The first-order valence-electron chi connectivity index (χ1n) is 10.9. The molecule has 3 aromatic rings. The third-order valence-electron chi connectivity index (χ3n) is 6.30. The molecule has 0 aliphatic heterocycles. The number of nitrogens with zero attached hydrogens (tertiary/aromatic N) is 4. The molecule has 3 aromatic heterocycles. The zero-order chi connectivity index (χ0) is 23.8. The molecule has 2 saturated carbocycles. The molecule has 0 saturated heterocycles. The lowest BCUT2D eigenvalue weighted by molar-refractivity contribution is 0.1000. The Morgan fingerprint density at radius 1 is 1.12 bits per heavy atom. The van der Waals surface area contributed by atoms with E-state index in [4.69, 9.17) is 5.73 Å². The van der Waals surface area contributed by atoms with E-state index in [2.05, 4.69) is 31.0 Å². The highest BCUT2D eigenvalue weighted by molar-refractivity contribution is 5.98. The summed E-state index contributed by atoms with van der Waals surface area (Å²) in [5.74, 6) is -0.651. The van der Waals surface area contributed by atoms with Crippen LogP contribution >= 0.6 is 0 Å². The predicted octanol–water partition coefficient (Wildman–Crippen LogP) is 2.49. The van der Waals surface area contributed by atoms with Crippen LogP contribution in [-0.2, 0) is 0 Å². The molecule has 2 amide bonds. The lowest BCUT2D eigenvalue weighted by atomic mass is 9.90. The fourth-order valence-electron chi connectivity index (χ4n) is 4.57. The Labute approximate surface area is 193 Å². The molecule has 0 aromatic carbocycles. The molecule has 4 atom stereocenters. The van der Waals surface area contributed by atoms with Gasteiger partial charge in [-0.25, -0.2) is 18.9 Å². The second-order valence-corrected chi connectivity index (χ2v) is 8.62. The van der Waals surface area contributed by atoms with Gasteiger partial charge in [-0.15, -0.1) is 0 Å². The smallest absolute Gasteiger partial charge is 0.404 e. The molecule has 34 heavy (non-hydrogen) atoms. The molecule has 176 valence electrons. The van der Waals surface area contributed by atoms with Gasteiger partial charge in [0.1, 0.15) is 5.82 Å². The summed E-state index contributed by atoms with van der Waals surface area (Å²) in [6.07, 6.45) is 7.83. The molecule has 12 heteroatoms. The lowest BCUT2D eigenvalue weighted by Gasteiger charge is -2.32. The van der Waals surface area contributed by atoms with E-state index in [-0.39, 0.29) is 29.3 Å². The number of pyridine rings is 2. The van der Waals surface area contributed by atoms with Crippen LogP contribution in [0.2, 0.25) is 0 Å². The lowest BCUT2D eigenvalue weighted by Crippen LogP contribution is -2.49. The Morgan fingerprint density at radius 3 is 2.62 bits per heavy atom. The Kier molecular flexibility index (Phi) is 5.48. The number of rotatable bonds is 7. The van der Waals surface area contributed by atoms with E-state index in [1.54, 1.807) is 35.4 Å². The molecular weight excluding hydrogens is 443 g/mol. The van der Waals surface area contributed by atoms with Gasteiger partial charge in [0.25, 0.3) is 5.91 Å². The summed E-state index contributed by atoms with van der Waals surface area (Å²) in [7, 11) is 0. The van der Waals surface area contributed by atoms with Gasteiger partial charge in [-0.1, -0.05) is 0 Å². The fraction of sp³-hybridized carbons (Fsp3) is 0.318. The molecular formula is C22H23FN8O3. The van der Waals surface area contributed by atoms with Crippen LogP contribution in [0, 0.1) is 17.7 Å². The number of halogens is 1. The van der Waals surface area contributed by atoms with E-state index in [0.29, 0.717) is 36.1 Å². The minimum absolute atomic E-state index is 0.0543. The monoisotopic (exact) mass is 466 g/mol. The maximum absolute atomic E-state index is 14.9. The molecule has 0 radical (unpaired) electrons. The summed E-state index contributed by atoms with van der Waals surface area (Å²) in [5.41, 5.74) is 6.50. The van der Waals surface area contributed by atoms with Crippen LogP contribution in [-0.4, -0.2) is 48.9 Å². The topological polar surface area (TPSA) is 160 Å². The highest BCUT2D eigenvalue weighted by Crippen LogP contribution is 2.50. The number of amides is 2. The molecule has 3 heterocycles. The van der Waals surface area contributed by atoms with Gasteiger partial charge in [0, 0.05) is 18.4 Å². The first-order chi connectivity index (χ1) is 16.4. The zero-order valence-corrected chi connectivity index (χ0v) is 18.0. The van der Waals surface area contributed by atoms with Crippen molar-refractivity contribution in [3.8, 4) is 5.69 Å². The number of anilines is 3. The summed E-state index contributed by atoms with van der Waals surface area (Å²) in [5, 5.41) is 21.9. The van der Waals surface area contributed by atoms with Crippen LogP contribution in [0.15, 0.2) is 43.0 Å². The molecule has 0 bridgehead atoms.